The average molecular weight is 296 g/mol. The van der Waals surface area contributed by atoms with Crippen LogP contribution in [0.15, 0.2) is 55.4 Å². The summed E-state index contributed by atoms with van der Waals surface area (Å²) in [6.07, 6.45) is 8.62. The molecule has 2 aromatic heterocycles. The van der Waals surface area contributed by atoms with Gasteiger partial charge < -0.3 is 15.2 Å². The lowest BCUT2D eigenvalue weighted by Gasteiger charge is -2.08. The molecule has 2 heterocycles. The van der Waals surface area contributed by atoms with Gasteiger partial charge >= 0.3 is 6.03 Å². The third-order valence-corrected chi connectivity index (χ3v) is 3.12. The number of carbonyl (C=O) groups is 1. The molecule has 0 unspecified atom stereocenters. The number of anilines is 1. The second-order valence-electron chi connectivity index (χ2n) is 4.85. The molecule has 3 aromatic rings. The minimum atomic E-state index is -0.263. The molecule has 0 spiro atoms. The Bertz CT molecular complexity index is 720. The number of H-pyrrole nitrogens is 1. The molecule has 0 aliphatic carbocycles. The molecule has 0 saturated carbocycles. The van der Waals surface area contributed by atoms with Crippen LogP contribution in [0.5, 0.6) is 0 Å². The molecule has 3 N–H and O–H groups in total. The number of nitrogens with one attached hydrogen (secondary N) is 3. The van der Waals surface area contributed by atoms with Crippen molar-refractivity contribution in [2.24, 2.45) is 0 Å². The second-order valence-corrected chi connectivity index (χ2v) is 4.85. The summed E-state index contributed by atoms with van der Waals surface area (Å²) in [7, 11) is 0. The van der Waals surface area contributed by atoms with E-state index in [0.717, 1.165) is 17.7 Å². The van der Waals surface area contributed by atoms with Crippen LogP contribution in [0.25, 0.3) is 0 Å². The SMILES string of the molecule is O=C(NCc1cccc(Cn2ccnc2)c1)Nc1cn[nH]c1. The lowest BCUT2D eigenvalue weighted by atomic mass is 10.1. The maximum absolute atomic E-state index is 11.7. The van der Waals surface area contributed by atoms with Gasteiger partial charge in [0.25, 0.3) is 0 Å². The van der Waals surface area contributed by atoms with Gasteiger partial charge in [-0.1, -0.05) is 24.3 Å². The predicted molar refractivity (Wildman–Crippen MR) is 82.2 cm³/mol. The maximum atomic E-state index is 11.7. The molecule has 7 nitrogen and oxygen atoms in total. The summed E-state index contributed by atoms with van der Waals surface area (Å²) in [6, 6.07) is 7.82. The lowest BCUT2D eigenvalue weighted by molar-refractivity contribution is 0.251. The topological polar surface area (TPSA) is 87.6 Å². The van der Waals surface area contributed by atoms with Crippen molar-refractivity contribution in [3.63, 3.8) is 0 Å². The molecule has 3 rings (SSSR count). The highest BCUT2D eigenvalue weighted by Gasteiger charge is 2.03. The minimum Gasteiger partial charge on any atom is -0.334 e. The Kier molecular flexibility index (Phi) is 4.15. The number of aromatic amines is 1. The van der Waals surface area contributed by atoms with Crippen molar-refractivity contribution in [3.8, 4) is 0 Å². The van der Waals surface area contributed by atoms with Crippen LogP contribution in [0, 0.1) is 0 Å². The van der Waals surface area contributed by atoms with E-state index in [9.17, 15) is 4.79 Å². The van der Waals surface area contributed by atoms with Gasteiger partial charge in [-0.2, -0.15) is 5.10 Å². The first-order valence-corrected chi connectivity index (χ1v) is 6.87. The van der Waals surface area contributed by atoms with Crippen LogP contribution in [0.4, 0.5) is 10.5 Å². The standard InChI is InChI=1S/C15H16N6O/c22-15(20-14-8-18-19-9-14)17-7-12-2-1-3-13(6-12)10-21-5-4-16-11-21/h1-6,8-9,11H,7,10H2,(H,18,19)(H2,17,20,22). The third-order valence-electron chi connectivity index (χ3n) is 3.12. The molecular formula is C15H16N6O. The highest BCUT2D eigenvalue weighted by Crippen LogP contribution is 2.07. The van der Waals surface area contributed by atoms with E-state index in [1.165, 1.54) is 0 Å². The van der Waals surface area contributed by atoms with Gasteiger partial charge in [-0.3, -0.25) is 5.10 Å². The van der Waals surface area contributed by atoms with E-state index in [0.29, 0.717) is 12.2 Å². The van der Waals surface area contributed by atoms with Gasteiger partial charge in [-0.05, 0) is 11.1 Å². The van der Waals surface area contributed by atoms with E-state index in [1.807, 2.05) is 22.9 Å². The normalized spacial score (nSPS) is 10.4. The molecule has 0 aliphatic heterocycles. The van der Waals surface area contributed by atoms with Gasteiger partial charge in [0, 0.05) is 31.7 Å². The Morgan fingerprint density at radius 3 is 3.00 bits per heavy atom. The summed E-state index contributed by atoms with van der Waals surface area (Å²) >= 11 is 0. The number of amides is 2. The number of urea groups is 1. The van der Waals surface area contributed by atoms with Crippen molar-refractivity contribution in [1.82, 2.24) is 25.1 Å². The smallest absolute Gasteiger partial charge is 0.319 e. The third kappa shape index (κ3) is 3.72. The van der Waals surface area contributed by atoms with Crippen molar-refractivity contribution in [2.45, 2.75) is 13.1 Å². The van der Waals surface area contributed by atoms with Gasteiger partial charge in [0.15, 0.2) is 0 Å². The zero-order chi connectivity index (χ0) is 15.2. The molecule has 0 radical (unpaired) electrons. The number of nitrogens with zero attached hydrogens (tertiary/aromatic N) is 3. The van der Waals surface area contributed by atoms with E-state index < -0.39 is 0 Å². The summed E-state index contributed by atoms with van der Waals surface area (Å²) in [6.45, 7) is 1.22. The second kappa shape index (κ2) is 6.57. The van der Waals surface area contributed by atoms with Crippen molar-refractivity contribution in [2.75, 3.05) is 5.32 Å². The Labute approximate surface area is 127 Å². The molecule has 7 heteroatoms. The quantitative estimate of drug-likeness (QED) is 0.672. The molecular weight excluding hydrogens is 280 g/mol. The van der Waals surface area contributed by atoms with E-state index in [2.05, 4.69) is 37.9 Å². The maximum Gasteiger partial charge on any atom is 0.319 e. The van der Waals surface area contributed by atoms with Crippen LogP contribution in [-0.2, 0) is 13.1 Å². The molecule has 0 aliphatic rings. The average Bonchev–Trinajstić information content (AvgIpc) is 3.19. The number of hydrogen-bond donors (Lipinski definition) is 3. The summed E-state index contributed by atoms with van der Waals surface area (Å²) in [5.74, 6) is 0. The summed E-state index contributed by atoms with van der Waals surface area (Å²) < 4.78 is 2.00. The minimum absolute atomic E-state index is 0.263. The Hall–Kier alpha value is -3.09. The monoisotopic (exact) mass is 296 g/mol. The van der Waals surface area contributed by atoms with Crippen LogP contribution in [-0.4, -0.2) is 25.8 Å². The number of imidazole rings is 1. The van der Waals surface area contributed by atoms with Gasteiger partial charge in [0.1, 0.15) is 0 Å². The molecule has 22 heavy (non-hydrogen) atoms. The fourth-order valence-electron chi connectivity index (χ4n) is 2.11. The number of aromatic nitrogens is 4. The molecule has 0 fully saturated rings. The van der Waals surface area contributed by atoms with E-state index >= 15 is 0 Å². The van der Waals surface area contributed by atoms with Crippen LogP contribution >= 0.6 is 0 Å². The van der Waals surface area contributed by atoms with Crippen LogP contribution < -0.4 is 10.6 Å². The Balaban J connectivity index is 1.55. The molecule has 1 aromatic carbocycles. The van der Waals surface area contributed by atoms with Crippen molar-refractivity contribution in [3.05, 3.63) is 66.5 Å². The van der Waals surface area contributed by atoms with E-state index in [1.54, 1.807) is 24.9 Å². The van der Waals surface area contributed by atoms with Crippen LogP contribution in [0.2, 0.25) is 0 Å². The molecule has 0 saturated heterocycles. The molecule has 2 amide bonds. The fourth-order valence-corrected chi connectivity index (χ4v) is 2.11. The van der Waals surface area contributed by atoms with E-state index in [4.69, 9.17) is 0 Å². The van der Waals surface area contributed by atoms with Gasteiger partial charge in [0.2, 0.25) is 0 Å². The summed E-state index contributed by atoms with van der Waals surface area (Å²) in [5.41, 5.74) is 2.83. The zero-order valence-corrected chi connectivity index (χ0v) is 11.9. The van der Waals surface area contributed by atoms with Crippen LogP contribution in [0.3, 0.4) is 0 Å². The van der Waals surface area contributed by atoms with Crippen molar-refractivity contribution in [1.29, 1.82) is 0 Å². The zero-order valence-electron chi connectivity index (χ0n) is 11.9. The highest BCUT2D eigenvalue weighted by molar-refractivity contribution is 5.88. The van der Waals surface area contributed by atoms with E-state index in [-0.39, 0.29) is 6.03 Å². The number of carbonyl (C=O) groups excluding carboxylic acids is 1. The Morgan fingerprint density at radius 2 is 2.23 bits per heavy atom. The summed E-state index contributed by atoms with van der Waals surface area (Å²) in [4.78, 5) is 15.8. The molecule has 112 valence electrons. The summed E-state index contributed by atoms with van der Waals surface area (Å²) in [5, 5.41) is 11.9. The molecule has 0 bridgehead atoms. The van der Waals surface area contributed by atoms with Crippen molar-refractivity contribution >= 4 is 11.7 Å². The predicted octanol–water partition coefficient (Wildman–Crippen LogP) is 1.98. The van der Waals surface area contributed by atoms with Crippen molar-refractivity contribution < 1.29 is 4.79 Å². The highest BCUT2D eigenvalue weighted by atomic mass is 16.2. The first-order chi connectivity index (χ1) is 10.8. The lowest BCUT2D eigenvalue weighted by Crippen LogP contribution is -2.28. The first-order valence-electron chi connectivity index (χ1n) is 6.87. The van der Waals surface area contributed by atoms with Crippen LogP contribution in [0.1, 0.15) is 11.1 Å². The largest absolute Gasteiger partial charge is 0.334 e. The number of benzene rings is 1. The van der Waals surface area contributed by atoms with Gasteiger partial charge in [-0.25, -0.2) is 9.78 Å². The number of hydrogen-bond acceptors (Lipinski definition) is 3. The molecule has 0 atom stereocenters. The van der Waals surface area contributed by atoms with Gasteiger partial charge in [0.05, 0.1) is 18.2 Å². The fraction of sp³-hybridized carbons (Fsp3) is 0.133. The first kappa shape index (κ1) is 13.9. The van der Waals surface area contributed by atoms with Gasteiger partial charge in [-0.15, -0.1) is 0 Å². The Morgan fingerprint density at radius 1 is 1.32 bits per heavy atom. The number of rotatable bonds is 5.